The molecule has 1 aliphatic carbocycles. The van der Waals surface area contributed by atoms with E-state index in [1.54, 1.807) is 30.6 Å². The first-order chi connectivity index (χ1) is 11.7. The van der Waals surface area contributed by atoms with E-state index < -0.39 is 0 Å². The molecule has 0 radical (unpaired) electrons. The van der Waals surface area contributed by atoms with Crippen molar-refractivity contribution in [2.24, 2.45) is 5.92 Å². The second-order valence-electron chi connectivity index (χ2n) is 6.72. The summed E-state index contributed by atoms with van der Waals surface area (Å²) in [5.74, 6) is 0.244. The minimum Gasteiger partial charge on any atom is -0.322 e. The summed E-state index contributed by atoms with van der Waals surface area (Å²) in [6, 6.07) is 6.76. The van der Waals surface area contributed by atoms with E-state index in [9.17, 15) is 9.18 Å². The molecule has 1 aliphatic heterocycles. The fourth-order valence-electron chi connectivity index (χ4n) is 3.91. The summed E-state index contributed by atoms with van der Waals surface area (Å²) in [4.78, 5) is 12.5. The van der Waals surface area contributed by atoms with Gasteiger partial charge in [-0.15, -0.1) is 0 Å². The third-order valence-electron chi connectivity index (χ3n) is 5.13. The van der Waals surface area contributed by atoms with Gasteiger partial charge in [0, 0.05) is 6.04 Å². The minimum atomic E-state index is -0.347. The maximum atomic E-state index is 13.8. The van der Waals surface area contributed by atoms with Crippen molar-refractivity contribution in [2.45, 2.75) is 44.2 Å². The van der Waals surface area contributed by atoms with E-state index in [1.165, 1.54) is 36.4 Å². The Balaban J connectivity index is 1.43. The number of amides is 1. The molecule has 4 rings (SSSR count). The number of carbonyl (C=O) groups excluding carboxylic acids is 1. The number of fused-ring (bicyclic) bond motifs is 1. The average molecular weight is 328 g/mol. The summed E-state index contributed by atoms with van der Waals surface area (Å²) in [6.07, 6.45) is 8.99. The Kier molecular flexibility index (Phi) is 4.06. The quantitative estimate of drug-likeness (QED) is 0.911. The summed E-state index contributed by atoms with van der Waals surface area (Å²) in [7, 11) is 0. The number of para-hydroxylation sites is 1. The molecule has 2 aromatic rings. The zero-order chi connectivity index (χ0) is 16.5. The van der Waals surface area contributed by atoms with Crippen LogP contribution in [-0.4, -0.2) is 27.8 Å². The van der Waals surface area contributed by atoms with E-state index in [1.807, 2.05) is 0 Å². The summed E-state index contributed by atoms with van der Waals surface area (Å²) in [6.45, 7) is 0. The molecule has 1 amide bonds. The van der Waals surface area contributed by atoms with E-state index >= 15 is 0 Å². The van der Waals surface area contributed by atoms with Crippen LogP contribution < -0.4 is 10.6 Å². The van der Waals surface area contributed by atoms with Crippen LogP contribution in [0.1, 0.15) is 32.1 Å². The van der Waals surface area contributed by atoms with Gasteiger partial charge < -0.3 is 10.6 Å². The van der Waals surface area contributed by atoms with Gasteiger partial charge in [0.15, 0.2) is 0 Å². The number of rotatable bonds is 3. The molecule has 3 atom stereocenters. The zero-order valence-electron chi connectivity index (χ0n) is 13.4. The standard InChI is InChI=1S/C18H21FN4O/c19-14-6-2-4-8-17(14)23-11-13(10-20-23)21-18(24)16-9-12-5-1-3-7-15(12)22-16/h2,4,6,8,10-12,15-16,22H,1,3,5,7,9H2,(H,21,24). The van der Waals surface area contributed by atoms with Crippen LogP contribution in [0.25, 0.3) is 5.69 Å². The number of carbonyl (C=O) groups is 1. The molecule has 1 saturated carbocycles. The molecular formula is C18H21FN4O. The average Bonchev–Trinajstić information content (AvgIpc) is 3.22. The molecule has 0 spiro atoms. The number of benzene rings is 1. The number of nitrogens with one attached hydrogen (secondary N) is 2. The Morgan fingerprint density at radius 2 is 2.12 bits per heavy atom. The molecule has 6 heteroatoms. The van der Waals surface area contributed by atoms with Crippen LogP contribution in [-0.2, 0) is 4.79 Å². The Morgan fingerprint density at radius 3 is 2.96 bits per heavy atom. The lowest BCUT2D eigenvalue weighted by Crippen LogP contribution is -2.39. The van der Waals surface area contributed by atoms with Crippen LogP contribution in [0.3, 0.4) is 0 Å². The van der Waals surface area contributed by atoms with Crippen molar-refractivity contribution in [2.75, 3.05) is 5.32 Å². The predicted octanol–water partition coefficient (Wildman–Crippen LogP) is 2.87. The fourth-order valence-corrected chi connectivity index (χ4v) is 3.91. The zero-order valence-corrected chi connectivity index (χ0v) is 13.4. The monoisotopic (exact) mass is 328 g/mol. The van der Waals surface area contributed by atoms with Gasteiger partial charge in [-0.3, -0.25) is 4.79 Å². The first-order valence-electron chi connectivity index (χ1n) is 8.57. The molecule has 1 aromatic carbocycles. The number of halogens is 1. The molecule has 24 heavy (non-hydrogen) atoms. The Hall–Kier alpha value is -2.21. The minimum absolute atomic E-state index is 0.0301. The third-order valence-corrected chi connectivity index (χ3v) is 5.13. The highest BCUT2D eigenvalue weighted by Gasteiger charge is 2.38. The van der Waals surface area contributed by atoms with E-state index in [4.69, 9.17) is 0 Å². The molecular weight excluding hydrogens is 307 g/mol. The lowest BCUT2D eigenvalue weighted by Gasteiger charge is -2.24. The van der Waals surface area contributed by atoms with Gasteiger partial charge in [0.1, 0.15) is 11.5 Å². The van der Waals surface area contributed by atoms with Gasteiger partial charge in [-0.2, -0.15) is 5.10 Å². The van der Waals surface area contributed by atoms with Crippen molar-refractivity contribution < 1.29 is 9.18 Å². The summed E-state index contributed by atoms with van der Waals surface area (Å²) in [5.41, 5.74) is 0.947. The van der Waals surface area contributed by atoms with E-state index in [2.05, 4.69) is 15.7 Å². The van der Waals surface area contributed by atoms with Crippen molar-refractivity contribution in [1.82, 2.24) is 15.1 Å². The molecule has 3 unspecified atom stereocenters. The van der Waals surface area contributed by atoms with Crippen LogP contribution in [0.2, 0.25) is 0 Å². The van der Waals surface area contributed by atoms with Gasteiger partial charge in [0.05, 0.1) is 24.1 Å². The first kappa shape index (κ1) is 15.3. The third kappa shape index (κ3) is 2.94. The molecule has 2 heterocycles. The maximum absolute atomic E-state index is 13.8. The highest BCUT2D eigenvalue weighted by Crippen LogP contribution is 2.33. The topological polar surface area (TPSA) is 59.0 Å². The van der Waals surface area contributed by atoms with Gasteiger partial charge in [0.25, 0.3) is 0 Å². The summed E-state index contributed by atoms with van der Waals surface area (Å²) < 4.78 is 15.2. The van der Waals surface area contributed by atoms with Gasteiger partial charge in [-0.05, 0) is 37.3 Å². The van der Waals surface area contributed by atoms with Crippen molar-refractivity contribution in [1.29, 1.82) is 0 Å². The van der Waals surface area contributed by atoms with Crippen LogP contribution >= 0.6 is 0 Å². The van der Waals surface area contributed by atoms with Gasteiger partial charge >= 0.3 is 0 Å². The number of aromatic nitrogens is 2. The summed E-state index contributed by atoms with van der Waals surface area (Å²) >= 11 is 0. The number of hydrogen-bond donors (Lipinski definition) is 2. The Bertz CT molecular complexity index is 730. The molecule has 2 N–H and O–H groups in total. The lowest BCUT2D eigenvalue weighted by atomic mass is 9.85. The van der Waals surface area contributed by atoms with Crippen molar-refractivity contribution in [3.05, 3.63) is 42.5 Å². The predicted molar refractivity (Wildman–Crippen MR) is 89.4 cm³/mol. The Labute approximate surface area is 140 Å². The maximum Gasteiger partial charge on any atom is 0.241 e. The fraction of sp³-hybridized carbons (Fsp3) is 0.444. The SMILES string of the molecule is O=C(Nc1cnn(-c2ccccc2F)c1)C1CC2CCCCC2N1. The van der Waals surface area contributed by atoms with E-state index in [0.29, 0.717) is 23.3 Å². The second-order valence-corrected chi connectivity index (χ2v) is 6.72. The smallest absolute Gasteiger partial charge is 0.241 e. The molecule has 0 bridgehead atoms. The second kappa shape index (κ2) is 6.36. The molecule has 2 fully saturated rings. The lowest BCUT2D eigenvalue weighted by molar-refractivity contribution is -0.117. The molecule has 1 saturated heterocycles. The Morgan fingerprint density at radius 1 is 1.29 bits per heavy atom. The van der Waals surface area contributed by atoms with Crippen LogP contribution in [0, 0.1) is 11.7 Å². The van der Waals surface area contributed by atoms with Crippen LogP contribution in [0.15, 0.2) is 36.7 Å². The molecule has 2 aliphatic rings. The first-order valence-corrected chi connectivity index (χ1v) is 8.57. The van der Waals surface area contributed by atoms with Crippen LogP contribution in [0.5, 0.6) is 0 Å². The van der Waals surface area contributed by atoms with E-state index in [-0.39, 0.29) is 17.8 Å². The number of hydrogen-bond acceptors (Lipinski definition) is 3. The normalized spacial score (nSPS) is 26.1. The van der Waals surface area contributed by atoms with Gasteiger partial charge in [-0.25, -0.2) is 9.07 Å². The number of nitrogens with zero attached hydrogens (tertiary/aromatic N) is 2. The highest BCUT2D eigenvalue weighted by atomic mass is 19.1. The number of anilines is 1. The van der Waals surface area contributed by atoms with Crippen molar-refractivity contribution in [3.63, 3.8) is 0 Å². The molecule has 1 aromatic heterocycles. The molecule has 5 nitrogen and oxygen atoms in total. The van der Waals surface area contributed by atoms with Crippen molar-refractivity contribution in [3.8, 4) is 5.69 Å². The van der Waals surface area contributed by atoms with Crippen molar-refractivity contribution >= 4 is 11.6 Å². The summed E-state index contributed by atoms with van der Waals surface area (Å²) in [5, 5.41) is 10.5. The van der Waals surface area contributed by atoms with Gasteiger partial charge in [0.2, 0.25) is 5.91 Å². The molecule has 126 valence electrons. The highest BCUT2D eigenvalue weighted by molar-refractivity contribution is 5.94. The van der Waals surface area contributed by atoms with E-state index in [0.717, 1.165) is 6.42 Å². The van der Waals surface area contributed by atoms with Gasteiger partial charge in [-0.1, -0.05) is 25.0 Å². The van der Waals surface area contributed by atoms with Crippen LogP contribution in [0.4, 0.5) is 10.1 Å². The largest absolute Gasteiger partial charge is 0.322 e.